The Morgan fingerprint density at radius 3 is 2.81 bits per heavy atom. The normalized spacial score (nSPS) is 23.4. The van der Waals surface area contributed by atoms with E-state index in [1.54, 1.807) is 0 Å². The van der Waals surface area contributed by atoms with E-state index in [9.17, 15) is 0 Å². The van der Waals surface area contributed by atoms with Crippen LogP contribution in [0.2, 0.25) is 0 Å². The SMILES string of the molecule is CC(C)NCc1ccc(N2CCCN3CCCC3C2)nn1. The molecule has 3 heterocycles. The number of hydrogen-bond acceptors (Lipinski definition) is 5. The highest BCUT2D eigenvalue weighted by Crippen LogP contribution is 2.23. The lowest BCUT2D eigenvalue weighted by molar-refractivity contribution is 0.273. The molecule has 1 unspecified atom stereocenters. The van der Waals surface area contributed by atoms with Gasteiger partial charge in [-0.2, -0.15) is 5.10 Å². The average Bonchev–Trinajstić information content (AvgIpc) is 2.83. The molecule has 2 aliphatic rings. The first-order chi connectivity index (χ1) is 10.2. The Kier molecular flexibility index (Phi) is 4.70. The Morgan fingerprint density at radius 1 is 1.19 bits per heavy atom. The molecule has 5 nitrogen and oxygen atoms in total. The summed E-state index contributed by atoms with van der Waals surface area (Å²) in [6.45, 7) is 9.82. The molecule has 116 valence electrons. The maximum absolute atomic E-state index is 4.45. The second-order valence-electron chi connectivity index (χ2n) is 6.55. The van der Waals surface area contributed by atoms with Crippen LogP contribution in [0.1, 0.15) is 38.8 Å². The third kappa shape index (κ3) is 3.71. The van der Waals surface area contributed by atoms with Gasteiger partial charge in [0.2, 0.25) is 0 Å². The van der Waals surface area contributed by atoms with Crippen LogP contribution in [0.25, 0.3) is 0 Å². The lowest BCUT2D eigenvalue weighted by Crippen LogP contribution is -2.37. The molecular formula is C16H27N5. The summed E-state index contributed by atoms with van der Waals surface area (Å²) in [5.74, 6) is 1.04. The van der Waals surface area contributed by atoms with Gasteiger partial charge in [0.15, 0.2) is 5.82 Å². The van der Waals surface area contributed by atoms with E-state index in [4.69, 9.17) is 0 Å². The van der Waals surface area contributed by atoms with Crippen molar-refractivity contribution in [1.82, 2.24) is 20.4 Å². The molecule has 2 aliphatic heterocycles. The van der Waals surface area contributed by atoms with Crippen molar-refractivity contribution in [3.63, 3.8) is 0 Å². The molecule has 0 bridgehead atoms. The van der Waals surface area contributed by atoms with Gasteiger partial charge < -0.3 is 10.2 Å². The van der Waals surface area contributed by atoms with Crippen molar-refractivity contribution in [3.8, 4) is 0 Å². The topological polar surface area (TPSA) is 44.3 Å². The molecule has 21 heavy (non-hydrogen) atoms. The fourth-order valence-corrected chi connectivity index (χ4v) is 3.34. The van der Waals surface area contributed by atoms with Gasteiger partial charge >= 0.3 is 0 Å². The first-order valence-corrected chi connectivity index (χ1v) is 8.27. The maximum Gasteiger partial charge on any atom is 0.151 e. The quantitative estimate of drug-likeness (QED) is 0.913. The molecule has 2 fully saturated rings. The van der Waals surface area contributed by atoms with Gasteiger partial charge in [-0.3, -0.25) is 4.90 Å². The number of nitrogens with zero attached hydrogens (tertiary/aromatic N) is 4. The molecule has 1 aromatic rings. The monoisotopic (exact) mass is 289 g/mol. The molecule has 5 heteroatoms. The van der Waals surface area contributed by atoms with Crippen LogP contribution in [0.5, 0.6) is 0 Å². The zero-order valence-corrected chi connectivity index (χ0v) is 13.3. The fraction of sp³-hybridized carbons (Fsp3) is 0.750. The van der Waals surface area contributed by atoms with Crippen LogP contribution in [0, 0.1) is 0 Å². The minimum atomic E-state index is 0.477. The molecule has 1 N–H and O–H groups in total. The summed E-state index contributed by atoms with van der Waals surface area (Å²) in [5, 5.41) is 12.2. The summed E-state index contributed by atoms with van der Waals surface area (Å²) in [7, 11) is 0. The van der Waals surface area contributed by atoms with Crippen molar-refractivity contribution in [2.45, 2.75) is 51.7 Å². The Morgan fingerprint density at radius 2 is 2.05 bits per heavy atom. The fourth-order valence-electron chi connectivity index (χ4n) is 3.34. The van der Waals surface area contributed by atoms with Crippen molar-refractivity contribution in [3.05, 3.63) is 17.8 Å². The standard InChI is InChI=1S/C16H27N5/c1-13(2)17-11-14-6-7-16(19-18-14)21-10-4-9-20-8-3-5-15(20)12-21/h6-7,13,15,17H,3-5,8-12H2,1-2H3. The van der Waals surface area contributed by atoms with E-state index in [0.717, 1.165) is 37.2 Å². The Labute approximate surface area is 127 Å². The van der Waals surface area contributed by atoms with E-state index in [1.807, 2.05) is 0 Å². The van der Waals surface area contributed by atoms with Gasteiger partial charge in [-0.15, -0.1) is 5.10 Å². The predicted octanol–water partition coefficient (Wildman–Crippen LogP) is 1.65. The zero-order valence-electron chi connectivity index (χ0n) is 13.3. The molecule has 0 aliphatic carbocycles. The predicted molar refractivity (Wildman–Crippen MR) is 85.4 cm³/mol. The number of nitrogens with one attached hydrogen (secondary N) is 1. The third-order valence-electron chi connectivity index (χ3n) is 4.52. The van der Waals surface area contributed by atoms with Crippen molar-refractivity contribution < 1.29 is 0 Å². The molecule has 0 amide bonds. The van der Waals surface area contributed by atoms with Crippen molar-refractivity contribution in [2.24, 2.45) is 0 Å². The first kappa shape index (κ1) is 14.7. The molecule has 0 aromatic carbocycles. The highest BCUT2D eigenvalue weighted by molar-refractivity contribution is 5.38. The second kappa shape index (κ2) is 6.71. The summed E-state index contributed by atoms with van der Waals surface area (Å²) in [5.41, 5.74) is 1.02. The zero-order chi connectivity index (χ0) is 14.7. The van der Waals surface area contributed by atoms with Gasteiger partial charge in [0.1, 0.15) is 0 Å². The second-order valence-corrected chi connectivity index (χ2v) is 6.55. The van der Waals surface area contributed by atoms with Crippen LogP contribution in [0.3, 0.4) is 0 Å². The molecule has 0 spiro atoms. The maximum atomic E-state index is 4.45. The van der Waals surface area contributed by atoms with Crippen molar-refractivity contribution in [1.29, 1.82) is 0 Å². The number of hydrogen-bond donors (Lipinski definition) is 1. The van der Waals surface area contributed by atoms with Crippen LogP contribution in [-0.4, -0.2) is 53.4 Å². The minimum Gasteiger partial charge on any atom is -0.354 e. The number of anilines is 1. The molecular weight excluding hydrogens is 262 g/mol. The van der Waals surface area contributed by atoms with E-state index in [-0.39, 0.29) is 0 Å². The first-order valence-electron chi connectivity index (χ1n) is 8.27. The summed E-state index contributed by atoms with van der Waals surface area (Å²) in [6.07, 6.45) is 3.92. The van der Waals surface area contributed by atoms with E-state index >= 15 is 0 Å². The highest BCUT2D eigenvalue weighted by Gasteiger charge is 2.29. The summed E-state index contributed by atoms with van der Waals surface area (Å²) in [4.78, 5) is 5.07. The summed E-state index contributed by atoms with van der Waals surface area (Å²) >= 11 is 0. The van der Waals surface area contributed by atoms with Gasteiger partial charge in [0.25, 0.3) is 0 Å². The lowest BCUT2D eigenvalue weighted by Gasteiger charge is -2.26. The minimum absolute atomic E-state index is 0.477. The Balaban J connectivity index is 1.63. The largest absolute Gasteiger partial charge is 0.354 e. The van der Waals surface area contributed by atoms with E-state index in [0.29, 0.717) is 6.04 Å². The molecule has 1 aromatic heterocycles. The summed E-state index contributed by atoms with van der Waals surface area (Å²) in [6, 6.07) is 5.44. The van der Waals surface area contributed by atoms with Crippen LogP contribution >= 0.6 is 0 Å². The summed E-state index contributed by atoms with van der Waals surface area (Å²) < 4.78 is 0. The van der Waals surface area contributed by atoms with Crippen LogP contribution in [0.15, 0.2) is 12.1 Å². The van der Waals surface area contributed by atoms with E-state index in [2.05, 4.69) is 51.3 Å². The van der Waals surface area contributed by atoms with Crippen LogP contribution in [-0.2, 0) is 6.54 Å². The smallest absolute Gasteiger partial charge is 0.151 e. The van der Waals surface area contributed by atoms with Gasteiger partial charge in [-0.1, -0.05) is 13.8 Å². The molecule has 2 saturated heterocycles. The van der Waals surface area contributed by atoms with Gasteiger partial charge in [0, 0.05) is 38.3 Å². The third-order valence-corrected chi connectivity index (χ3v) is 4.52. The van der Waals surface area contributed by atoms with Crippen LogP contribution < -0.4 is 10.2 Å². The van der Waals surface area contributed by atoms with Gasteiger partial charge in [-0.25, -0.2) is 0 Å². The number of aromatic nitrogens is 2. The molecule has 0 radical (unpaired) electrons. The average molecular weight is 289 g/mol. The molecule has 0 saturated carbocycles. The number of rotatable bonds is 4. The molecule has 1 atom stereocenters. The van der Waals surface area contributed by atoms with Crippen molar-refractivity contribution in [2.75, 3.05) is 31.1 Å². The van der Waals surface area contributed by atoms with Gasteiger partial charge in [0.05, 0.1) is 5.69 Å². The van der Waals surface area contributed by atoms with Crippen molar-refractivity contribution >= 4 is 5.82 Å². The Hall–Kier alpha value is -1.20. The lowest BCUT2D eigenvalue weighted by atomic mass is 10.2. The Bertz CT molecular complexity index is 444. The highest BCUT2D eigenvalue weighted by atomic mass is 15.3. The van der Waals surface area contributed by atoms with Crippen LogP contribution in [0.4, 0.5) is 5.82 Å². The van der Waals surface area contributed by atoms with Gasteiger partial charge in [-0.05, 0) is 37.9 Å². The number of fused-ring (bicyclic) bond motifs is 1. The van der Waals surface area contributed by atoms with E-state index < -0.39 is 0 Å². The van der Waals surface area contributed by atoms with E-state index in [1.165, 1.54) is 32.4 Å². The molecule has 3 rings (SSSR count).